The van der Waals surface area contributed by atoms with E-state index in [1.165, 1.54) is 12.1 Å². The van der Waals surface area contributed by atoms with E-state index in [0.29, 0.717) is 18.5 Å². The van der Waals surface area contributed by atoms with E-state index in [4.69, 9.17) is 5.73 Å². The molecule has 5 nitrogen and oxygen atoms in total. The van der Waals surface area contributed by atoms with Gasteiger partial charge in [0.1, 0.15) is 5.82 Å². The number of amides is 2. The molecule has 1 saturated carbocycles. The van der Waals surface area contributed by atoms with Crippen molar-refractivity contribution in [2.45, 2.75) is 44.1 Å². The number of hydrogen-bond acceptors (Lipinski definition) is 3. The van der Waals surface area contributed by atoms with Crippen molar-refractivity contribution in [3.05, 3.63) is 23.5 Å². The number of halogens is 1. The number of nitrogens with one attached hydrogen (secondary N) is 2. The molecular weight excluding hydrogens is 273 g/mol. The van der Waals surface area contributed by atoms with Crippen LogP contribution >= 0.6 is 0 Å². The highest BCUT2D eigenvalue weighted by molar-refractivity contribution is 5.96. The molecule has 0 unspecified atom stereocenters. The van der Waals surface area contributed by atoms with Crippen LogP contribution in [0.3, 0.4) is 0 Å². The third-order valence-corrected chi connectivity index (χ3v) is 4.22. The fourth-order valence-electron chi connectivity index (χ4n) is 2.82. The third kappa shape index (κ3) is 2.90. The molecule has 0 aromatic heterocycles. The fourth-order valence-corrected chi connectivity index (χ4v) is 2.82. The monoisotopic (exact) mass is 291 g/mol. The molecule has 112 valence electrons. The number of aryl methyl sites for hydroxylation is 1. The van der Waals surface area contributed by atoms with E-state index >= 15 is 0 Å². The van der Waals surface area contributed by atoms with Crippen LogP contribution in [0.5, 0.6) is 0 Å². The Labute approximate surface area is 122 Å². The average Bonchev–Trinajstić information content (AvgIpc) is 2.38. The minimum Gasteiger partial charge on any atom is -0.326 e. The zero-order chi connectivity index (χ0) is 15.0. The van der Waals surface area contributed by atoms with Gasteiger partial charge in [0.05, 0.1) is 5.69 Å². The zero-order valence-electron chi connectivity index (χ0n) is 11.7. The maximum Gasteiger partial charge on any atom is 0.226 e. The highest BCUT2D eigenvalue weighted by Gasteiger charge is 2.34. The molecule has 1 aliphatic heterocycles. The Balaban J connectivity index is 1.74. The van der Waals surface area contributed by atoms with Crippen molar-refractivity contribution in [3.8, 4) is 0 Å². The number of rotatable bonds is 3. The first-order chi connectivity index (χ1) is 9.95. The summed E-state index contributed by atoms with van der Waals surface area (Å²) in [6.45, 7) is 0. The molecule has 0 radical (unpaired) electrons. The lowest BCUT2D eigenvalue weighted by Crippen LogP contribution is -2.49. The van der Waals surface area contributed by atoms with Crippen molar-refractivity contribution in [1.82, 2.24) is 0 Å². The normalized spacial score (nSPS) is 19.2. The molecule has 6 heteroatoms. The van der Waals surface area contributed by atoms with Crippen LogP contribution in [-0.2, 0) is 16.0 Å². The van der Waals surface area contributed by atoms with E-state index in [9.17, 15) is 14.0 Å². The van der Waals surface area contributed by atoms with E-state index in [0.717, 1.165) is 24.8 Å². The first-order valence-electron chi connectivity index (χ1n) is 7.16. The van der Waals surface area contributed by atoms with E-state index < -0.39 is 11.4 Å². The molecule has 21 heavy (non-hydrogen) atoms. The van der Waals surface area contributed by atoms with Gasteiger partial charge in [0.25, 0.3) is 0 Å². The van der Waals surface area contributed by atoms with E-state index in [1.54, 1.807) is 0 Å². The first kappa shape index (κ1) is 14.0. The largest absolute Gasteiger partial charge is 0.326 e. The van der Waals surface area contributed by atoms with Crippen LogP contribution in [0, 0.1) is 5.82 Å². The molecule has 1 aromatic carbocycles. The van der Waals surface area contributed by atoms with Crippen molar-refractivity contribution in [3.63, 3.8) is 0 Å². The van der Waals surface area contributed by atoms with Crippen LogP contribution in [0.4, 0.5) is 15.8 Å². The van der Waals surface area contributed by atoms with Crippen LogP contribution in [0.1, 0.15) is 37.7 Å². The summed E-state index contributed by atoms with van der Waals surface area (Å²) in [4.78, 5) is 23.3. The predicted octanol–water partition coefficient (Wildman–Crippen LogP) is 1.92. The molecule has 1 heterocycles. The van der Waals surface area contributed by atoms with Gasteiger partial charge in [-0.1, -0.05) is 0 Å². The second kappa shape index (κ2) is 5.11. The molecule has 1 aromatic rings. The summed E-state index contributed by atoms with van der Waals surface area (Å²) in [5, 5.41) is 5.24. The first-order valence-corrected chi connectivity index (χ1v) is 7.16. The summed E-state index contributed by atoms with van der Waals surface area (Å²) in [6, 6.07) is 2.84. The lowest BCUT2D eigenvalue weighted by atomic mass is 9.75. The number of fused-ring (bicyclic) bond motifs is 1. The number of benzene rings is 1. The molecule has 1 fully saturated rings. The molecule has 2 amide bonds. The minimum atomic E-state index is -0.488. The number of anilines is 2. The van der Waals surface area contributed by atoms with Gasteiger partial charge in [-0.2, -0.15) is 0 Å². The van der Waals surface area contributed by atoms with Gasteiger partial charge in [0.15, 0.2) is 0 Å². The molecule has 2 aliphatic rings. The second-order valence-electron chi connectivity index (χ2n) is 5.98. The minimum absolute atomic E-state index is 0.0869. The van der Waals surface area contributed by atoms with Crippen molar-refractivity contribution < 1.29 is 14.0 Å². The van der Waals surface area contributed by atoms with Gasteiger partial charge in [0, 0.05) is 24.1 Å². The lowest BCUT2D eigenvalue weighted by Gasteiger charge is -2.37. The van der Waals surface area contributed by atoms with Crippen LogP contribution in [0.15, 0.2) is 12.1 Å². The highest BCUT2D eigenvalue weighted by Crippen LogP contribution is 2.33. The molecule has 4 N–H and O–H groups in total. The zero-order valence-corrected chi connectivity index (χ0v) is 11.7. The van der Waals surface area contributed by atoms with Gasteiger partial charge < -0.3 is 16.4 Å². The summed E-state index contributed by atoms with van der Waals surface area (Å²) < 4.78 is 14.0. The van der Waals surface area contributed by atoms with Crippen molar-refractivity contribution in [1.29, 1.82) is 0 Å². The molecule has 0 saturated heterocycles. The Bertz CT molecular complexity index is 611. The summed E-state index contributed by atoms with van der Waals surface area (Å²) in [5.74, 6) is -0.877. The number of hydrogen-bond donors (Lipinski definition) is 3. The van der Waals surface area contributed by atoms with Gasteiger partial charge in [-0.15, -0.1) is 0 Å². The summed E-state index contributed by atoms with van der Waals surface area (Å²) in [5.41, 5.74) is 6.97. The van der Waals surface area contributed by atoms with Crippen molar-refractivity contribution in [2.24, 2.45) is 5.73 Å². The summed E-state index contributed by atoms with van der Waals surface area (Å²) in [6.07, 6.45) is 3.73. The Morgan fingerprint density at radius 3 is 2.81 bits per heavy atom. The second-order valence-corrected chi connectivity index (χ2v) is 5.98. The SMILES string of the molecule is NC1(CC(=O)Nc2cc3c(cc2F)CCC(=O)N3)CCC1. The van der Waals surface area contributed by atoms with Crippen LogP contribution in [0.2, 0.25) is 0 Å². The van der Waals surface area contributed by atoms with Gasteiger partial charge >= 0.3 is 0 Å². The Morgan fingerprint density at radius 2 is 2.14 bits per heavy atom. The van der Waals surface area contributed by atoms with Gasteiger partial charge in [-0.3, -0.25) is 9.59 Å². The fraction of sp³-hybridized carbons (Fsp3) is 0.467. The Morgan fingerprint density at radius 1 is 1.38 bits per heavy atom. The molecule has 3 rings (SSSR count). The molecule has 0 bridgehead atoms. The van der Waals surface area contributed by atoms with Crippen molar-refractivity contribution >= 4 is 23.2 Å². The van der Waals surface area contributed by atoms with E-state index in [-0.39, 0.29) is 23.9 Å². The van der Waals surface area contributed by atoms with E-state index in [2.05, 4.69) is 10.6 Å². The molecule has 0 spiro atoms. The smallest absolute Gasteiger partial charge is 0.226 e. The number of nitrogens with two attached hydrogens (primary N) is 1. The third-order valence-electron chi connectivity index (χ3n) is 4.22. The van der Waals surface area contributed by atoms with E-state index in [1.807, 2.05) is 0 Å². The average molecular weight is 291 g/mol. The maximum absolute atomic E-state index is 14.0. The standard InChI is InChI=1S/C15H18FN3O2/c16-10-6-9-2-3-13(20)18-11(9)7-12(10)19-14(21)8-15(17)4-1-5-15/h6-7H,1-5,8,17H2,(H,18,20)(H,19,21). The van der Waals surface area contributed by atoms with Gasteiger partial charge in [-0.05, 0) is 43.4 Å². The lowest BCUT2D eigenvalue weighted by molar-refractivity contribution is -0.118. The van der Waals surface area contributed by atoms with Crippen LogP contribution in [0.25, 0.3) is 0 Å². The number of carbonyl (C=O) groups excluding carboxylic acids is 2. The van der Waals surface area contributed by atoms with Crippen molar-refractivity contribution in [2.75, 3.05) is 10.6 Å². The molecular formula is C15H18FN3O2. The number of carbonyl (C=O) groups is 2. The maximum atomic E-state index is 14.0. The quantitative estimate of drug-likeness (QED) is 0.795. The Kier molecular flexibility index (Phi) is 3.41. The summed E-state index contributed by atoms with van der Waals surface area (Å²) >= 11 is 0. The predicted molar refractivity (Wildman–Crippen MR) is 77.4 cm³/mol. The Hall–Kier alpha value is -1.95. The van der Waals surface area contributed by atoms with Gasteiger partial charge in [0.2, 0.25) is 11.8 Å². The van der Waals surface area contributed by atoms with Crippen LogP contribution in [-0.4, -0.2) is 17.4 Å². The van der Waals surface area contributed by atoms with Gasteiger partial charge in [-0.25, -0.2) is 4.39 Å². The molecule has 1 aliphatic carbocycles. The molecule has 0 atom stereocenters. The van der Waals surface area contributed by atoms with Crippen LogP contribution < -0.4 is 16.4 Å². The summed E-state index contributed by atoms with van der Waals surface area (Å²) in [7, 11) is 0. The topological polar surface area (TPSA) is 84.2 Å². The highest BCUT2D eigenvalue weighted by atomic mass is 19.1.